The molecule has 0 fully saturated rings. The molecule has 1 aliphatic rings. The van der Waals surface area contributed by atoms with Crippen LogP contribution in [-0.4, -0.2) is 21.6 Å². The van der Waals surface area contributed by atoms with Crippen molar-refractivity contribution in [2.45, 2.75) is 19.6 Å². The number of aliphatic hydroxyl groups excluding tert-OH is 1. The Morgan fingerprint density at radius 1 is 1.13 bits per heavy atom. The highest BCUT2D eigenvalue weighted by molar-refractivity contribution is 7.08. The Kier molecular flexibility index (Phi) is 3.81. The van der Waals surface area contributed by atoms with Crippen molar-refractivity contribution >= 4 is 17.2 Å². The lowest BCUT2D eigenvalue weighted by molar-refractivity contribution is 0.271. The molecule has 0 radical (unpaired) electrons. The number of hydrogen-bond acceptors (Lipinski definition) is 5. The average Bonchev–Trinajstić information content (AvgIpc) is 3.15. The minimum Gasteiger partial charge on any atom is -0.388 e. The van der Waals surface area contributed by atoms with E-state index in [1.807, 2.05) is 6.07 Å². The molecule has 0 spiro atoms. The smallest absolute Gasteiger partial charge is 0.156 e. The van der Waals surface area contributed by atoms with Gasteiger partial charge in [-0.15, -0.1) is 0 Å². The van der Waals surface area contributed by atoms with Gasteiger partial charge in [-0.2, -0.15) is 11.3 Å². The van der Waals surface area contributed by atoms with Crippen molar-refractivity contribution in [2.24, 2.45) is 0 Å². The molecule has 4 rings (SSSR count). The highest BCUT2D eigenvalue weighted by Gasteiger charge is 2.18. The first-order valence-corrected chi connectivity index (χ1v) is 8.60. The van der Waals surface area contributed by atoms with Gasteiger partial charge in [0.1, 0.15) is 12.4 Å². The van der Waals surface area contributed by atoms with E-state index in [-0.39, 0.29) is 6.61 Å². The summed E-state index contributed by atoms with van der Waals surface area (Å²) in [5.41, 5.74) is 5.35. The second-order valence-electron chi connectivity index (χ2n) is 5.66. The van der Waals surface area contributed by atoms with Gasteiger partial charge in [0.2, 0.25) is 0 Å². The van der Waals surface area contributed by atoms with Crippen molar-refractivity contribution in [1.82, 2.24) is 9.97 Å². The highest BCUT2D eigenvalue weighted by Crippen LogP contribution is 2.29. The number of thiophene rings is 1. The topological polar surface area (TPSA) is 49.3 Å². The first-order valence-electron chi connectivity index (χ1n) is 7.65. The molecule has 23 heavy (non-hydrogen) atoms. The van der Waals surface area contributed by atoms with Crippen LogP contribution in [0.2, 0.25) is 0 Å². The summed E-state index contributed by atoms with van der Waals surface area (Å²) in [6.45, 7) is 1.66. The highest BCUT2D eigenvalue weighted by atomic mass is 32.1. The van der Waals surface area contributed by atoms with E-state index in [1.54, 1.807) is 17.5 Å². The summed E-state index contributed by atoms with van der Waals surface area (Å²) in [5.74, 6) is 1.36. The molecule has 0 aliphatic carbocycles. The molecule has 0 bridgehead atoms. The van der Waals surface area contributed by atoms with E-state index in [1.165, 1.54) is 22.3 Å². The molecule has 1 aliphatic heterocycles. The molecule has 4 nitrogen and oxygen atoms in total. The van der Waals surface area contributed by atoms with E-state index < -0.39 is 0 Å². The summed E-state index contributed by atoms with van der Waals surface area (Å²) < 4.78 is 0. The number of benzene rings is 1. The minimum atomic E-state index is -0.123. The van der Waals surface area contributed by atoms with Gasteiger partial charge < -0.3 is 10.0 Å². The second-order valence-corrected chi connectivity index (χ2v) is 6.44. The van der Waals surface area contributed by atoms with Gasteiger partial charge in [-0.1, -0.05) is 18.2 Å². The number of aromatic nitrogens is 2. The van der Waals surface area contributed by atoms with Gasteiger partial charge in [-0.05, 0) is 51.6 Å². The standard InChI is InChI=1S/C18H17N3OS/c22-11-17-19-6-3-18(20-17)21-7-4-14-9-13(1-2-15(14)10-21)16-5-8-23-12-16/h1-3,5-6,8-9,12,22H,4,7,10-11H2. The number of nitrogens with zero attached hydrogens (tertiary/aromatic N) is 3. The van der Waals surface area contributed by atoms with Crippen molar-refractivity contribution in [3.8, 4) is 11.1 Å². The molecule has 0 amide bonds. The van der Waals surface area contributed by atoms with E-state index in [0.29, 0.717) is 5.82 Å². The molecular formula is C18H17N3OS. The molecule has 3 aromatic rings. The lowest BCUT2D eigenvalue weighted by Crippen LogP contribution is -2.31. The van der Waals surface area contributed by atoms with Crippen molar-refractivity contribution in [1.29, 1.82) is 0 Å². The number of hydrogen-bond donors (Lipinski definition) is 1. The Balaban J connectivity index is 1.60. The van der Waals surface area contributed by atoms with Crippen LogP contribution in [0.4, 0.5) is 5.82 Å². The van der Waals surface area contributed by atoms with Crippen LogP contribution in [0.25, 0.3) is 11.1 Å². The molecule has 3 heterocycles. The van der Waals surface area contributed by atoms with Crippen LogP contribution in [0.3, 0.4) is 0 Å². The zero-order valence-corrected chi connectivity index (χ0v) is 13.5. The largest absolute Gasteiger partial charge is 0.388 e. The number of anilines is 1. The Morgan fingerprint density at radius 2 is 2.09 bits per heavy atom. The molecular weight excluding hydrogens is 306 g/mol. The molecule has 1 N–H and O–H groups in total. The fourth-order valence-corrected chi connectivity index (χ4v) is 3.66. The van der Waals surface area contributed by atoms with Crippen molar-refractivity contribution < 1.29 is 5.11 Å². The Hall–Kier alpha value is -2.24. The van der Waals surface area contributed by atoms with Crippen molar-refractivity contribution in [3.63, 3.8) is 0 Å². The maximum absolute atomic E-state index is 9.20. The number of aliphatic hydroxyl groups is 1. The summed E-state index contributed by atoms with van der Waals surface area (Å²) in [5, 5.41) is 13.5. The first kappa shape index (κ1) is 14.4. The number of rotatable bonds is 3. The summed E-state index contributed by atoms with van der Waals surface area (Å²) in [6, 6.07) is 10.8. The van der Waals surface area contributed by atoms with Crippen LogP contribution in [-0.2, 0) is 19.6 Å². The fraction of sp³-hybridized carbons (Fsp3) is 0.222. The maximum atomic E-state index is 9.20. The second kappa shape index (κ2) is 6.10. The normalized spacial score (nSPS) is 13.9. The molecule has 116 valence electrons. The van der Waals surface area contributed by atoms with Gasteiger partial charge in [-0.3, -0.25) is 0 Å². The predicted molar refractivity (Wildman–Crippen MR) is 92.5 cm³/mol. The van der Waals surface area contributed by atoms with Crippen LogP contribution in [0.5, 0.6) is 0 Å². The molecule has 0 atom stereocenters. The SMILES string of the molecule is OCc1nccc(N2CCc3cc(-c4ccsc4)ccc3C2)n1. The lowest BCUT2D eigenvalue weighted by atomic mass is 9.95. The van der Waals surface area contributed by atoms with E-state index in [9.17, 15) is 5.11 Å². The minimum absolute atomic E-state index is 0.123. The van der Waals surface area contributed by atoms with Gasteiger partial charge in [0, 0.05) is 19.3 Å². The summed E-state index contributed by atoms with van der Waals surface area (Å²) >= 11 is 1.73. The van der Waals surface area contributed by atoms with Gasteiger partial charge in [-0.25, -0.2) is 9.97 Å². The Morgan fingerprint density at radius 3 is 2.91 bits per heavy atom. The molecule has 2 aromatic heterocycles. The maximum Gasteiger partial charge on any atom is 0.156 e. The van der Waals surface area contributed by atoms with E-state index in [4.69, 9.17) is 0 Å². The summed E-state index contributed by atoms with van der Waals surface area (Å²) in [6.07, 6.45) is 2.72. The Labute approximate surface area is 139 Å². The zero-order chi connectivity index (χ0) is 15.6. The van der Waals surface area contributed by atoms with Crippen LogP contribution in [0.1, 0.15) is 17.0 Å². The van der Waals surface area contributed by atoms with Gasteiger partial charge >= 0.3 is 0 Å². The third-order valence-electron chi connectivity index (χ3n) is 4.23. The van der Waals surface area contributed by atoms with Crippen LogP contribution < -0.4 is 4.90 Å². The van der Waals surface area contributed by atoms with Crippen LogP contribution in [0.15, 0.2) is 47.3 Å². The van der Waals surface area contributed by atoms with Crippen molar-refractivity contribution in [3.05, 3.63) is 64.2 Å². The fourth-order valence-electron chi connectivity index (χ4n) is 3.00. The van der Waals surface area contributed by atoms with E-state index in [0.717, 1.165) is 25.3 Å². The van der Waals surface area contributed by atoms with Gasteiger partial charge in [0.15, 0.2) is 5.82 Å². The Bertz CT molecular complexity index is 817. The van der Waals surface area contributed by atoms with Gasteiger partial charge in [0.05, 0.1) is 0 Å². The number of fused-ring (bicyclic) bond motifs is 1. The third-order valence-corrected chi connectivity index (χ3v) is 4.91. The summed E-state index contributed by atoms with van der Waals surface area (Å²) in [7, 11) is 0. The molecule has 5 heteroatoms. The quantitative estimate of drug-likeness (QED) is 0.804. The average molecular weight is 323 g/mol. The first-order chi connectivity index (χ1) is 11.3. The molecule has 0 saturated carbocycles. The van der Waals surface area contributed by atoms with E-state index >= 15 is 0 Å². The zero-order valence-electron chi connectivity index (χ0n) is 12.6. The summed E-state index contributed by atoms with van der Waals surface area (Å²) in [4.78, 5) is 10.7. The monoisotopic (exact) mass is 323 g/mol. The molecule has 1 aromatic carbocycles. The molecule has 0 unspecified atom stereocenters. The van der Waals surface area contributed by atoms with Crippen molar-refractivity contribution in [2.75, 3.05) is 11.4 Å². The van der Waals surface area contributed by atoms with Crippen LogP contribution in [0, 0.1) is 0 Å². The van der Waals surface area contributed by atoms with Gasteiger partial charge in [0.25, 0.3) is 0 Å². The molecule has 0 saturated heterocycles. The predicted octanol–water partition coefficient (Wildman–Crippen LogP) is 3.26. The van der Waals surface area contributed by atoms with E-state index in [2.05, 4.69) is 49.9 Å². The van der Waals surface area contributed by atoms with Crippen LogP contribution >= 0.6 is 11.3 Å². The third kappa shape index (κ3) is 2.85. The lowest BCUT2D eigenvalue weighted by Gasteiger charge is -2.30.